The summed E-state index contributed by atoms with van der Waals surface area (Å²) in [7, 11) is 0. The number of para-hydroxylation sites is 1. The third-order valence-electron chi connectivity index (χ3n) is 4.69. The fourth-order valence-electron chi connectivity index (χ4n) is 3.22. The van der Waals surface area contributed by atoms with Crippen molar-refractivity contribution in [2.24, 2.45) is 5.92 Å². The van der Waals surface area contributed by atoms with E-state index in [-0.39, 0.29) is 17.7 Å². The summed E-state index contributed by atoms with van der Waals surface area (Å²) in [6.45, 7) is 4.90. The topological polar surface area (TPSA) is 70.7 Å². The quantitative estimate of drug-likeness (QED) is 0.817. The van der Waals surface area contributed by atoms with Crippen LogP contribution in [0.3, 0.4) is 0 Å². The maximum Gasteiger partial charge on any atom is 0.227 e. The Kier molecular flexibility index (Phi) is 5.82. The van der Waals surface area contributed by atoms with Gasteiger partial charge in [-0.2, -0.15) is 0 Å². The predicted molar refractivity (Wildman–Crippen MR) is 91.8 cm³/mol. The van der Waals surface area contributed by atoms with E-state index in [4.69, 9.17) is 4.74 Å². The SMILES string of the molecule is O=C(CC[C@H]1Cc2ccccc2NC1=O)NCCN1CCOCC1. The number of carbonyl (C=O) groups is 2. The highest BCUT2D eigenvalue weighted by atomic mass is 16.5. The Hall–Kier alpha value is -1.92. The standard InChI is InChI=1S/C18H25N3O3/c22-17(19-7-8-21-9-11-24-12-10-21)6-5-15-13-14-3-1-2-4-16(14)20-18(15)23/h1-4,15H,5-13H2,(H,19,22)(H,20,23)/t15-/m0/s1. The number of anilines is 1. The number of amides is 2. The van der Waals surface area contributed by atoms with Gasteiger partial charge in [-0.3, -0.25) is 14.5 Å². The van der Waals surface area contributed by atoms with Gasteiger partial charge in [0.1, 0.15) is 0 Å². The summed E-state index contributed by atoms with van der Waals surface area (Å²) in [5.74, 6) is -0.0744. The van der Waals surface area contributed by atoms with Gasteiger partial charge in [-0.05, 0) is 24.5 Å². The van der Waals surface area contributed by atoms with Crippen molar-refractivity contribution >= 4 is 17.5 Å². The molecule has 2 heterocycles. The fraction of sp³-hybridized carbons (Fsp3) is 0.556. The van der Waals surface area contributed by atoms with Crippen LogP contribution in [0.15, 0.2) is 24.3 Å². The molecule has 0 bridgehead atoms. The third kappa shape index (κ3) is 4.55. The Morgan fingerprint density at radius 1 is 1.29 bits per heavy atom. The molecule has 1 aromatic rings. The molecule has 2 amide bonds. The number of hydrogen-bond donors (Lipinski definition) is 2. The molecular formula is C18H25N3O3. The highest BCUT2D eigenvalue weighted by Crippen LogP contribution is 2.27. The smallest absolute Gasteiger partial charge is 0.227 e. The van der Waals surface area contributed by atoms with E-state index in [0.717, 1.165) is 44.1 Å². The minimum atomic E-state index is -0.120. The van der Waals surface area contributed by atoms with Crippen molar-refractivity contribution in [2.45, 2.75) is 19.3 Å². The Balaban J connectivity index is 1.37. The van der Waals surface area contributed by atoms with Crippen molar-refractivity contribution in [1.82, 2.24) is 10.2 Å². The lowest BCUT2D eigenvalue weighted by molar-refractivity contribution is -0.122. The molecule has 1 atom stereocenters. The van der Waals surface area contributed by atoms with E-state index in [1.807, 2.05) is 24.3 Å². The molecule has 6 nitrogen and oxygen atoms in total. The minimum absolute atomic E-state index is 0.0230. The Bertz CT molecular complexity index is 585. The highest BCUT2D eigenvalue weighted by molar-refractivity contribution is 5.96. The van der Waals surface area contributed by atoms with Crippen LogP contribution in [0.4, 0.5) is 5.69 Å². The molecule has 130 valence electrons. The van der Waals surface area contributed by atoms with Crippen molar-refractivity contribution in [2.75, 3.05) is 44.7 Å². The number of nitrogens with zero attached hydrogens (tertiary/aromatic N) is 1. The molecule has 2 aliphatic rings. The van der Waals surface area contributed by atoms with E-state index in [1.54, 1.807) is 0 Å². The number of fused-ring (bicyclic) bond motifs is 1. The summed E-state index contributed by atoms with van der Waals surface area (Å²) in [5.41, 5.74) is 2.04. The second-order valence-corrected chi connectivity index (χ2v) is 6.39. The van der Waals surface area contributed by atoms with Crippen molar-refractivity contribution in [1.29, 1.82) is 0 Å². The zero-order valence-electron chi connectivity index (χ0n) is 13.9. The van der Waals surface area contributed by atoms with Crippen LogP contribution in [0.1, 0.15) is 18.4 Å². The molecule has 1 fully saturated rings. The fourth-order valence-corrected chi connectivity index (χ4v) is 3.22. The summed E-state index contributed by atoms with van der Waals surface area (Å²) in [6.07, 6.45) is 1.69. The van der Waals surface area contributed by atoms with Crippen molar-refractivity contribution in [3.8, 4) is 0 Å². The lowest BCUT2D eigenvalue weighted by atomic mass is 9.89. The lowest BCUT2D eigenvalue weighted by Gasteiger charge is -2.26. The summed E-state index contributed by atoms with van der Waals surface area (Å²) in [5, 5.41) is 5.88. The van der Waals surface area contributed by atoms with Crippen LogP contribution >= 0.6 is 0 Å². The molecule has 1 saturated heterocycles. The maximum absolute atomic E-state index is 12.1. The average molecular weight is 331 g/mol. The number of ether oxygens (including phenoxy) is 1. The van der Waals surface area contributed by atoms with Crippen LogP contribution in [0.5, 0.6) is 0 Å². The first kappa shape index (κ1) is 16.9. The zero-order chi connectivity index (χ0) is 16.8. The highest BCUT2D eigenvalue weighted by Gasteiger charge is 2.26. The normalized spacial score (nSPS) is 21.0. The molecule has 2 aliphatic heterocycles. The summed E-state index contributed by atoms with van der Waals surface area (Å²) in [4.78, 5) is 26.4. The first-order valence-electron chi connectivity index (χ1n) is 8.68. The molecule has 0 spiro atoms. The van der Waals surface area contributed by atoms with E-state index in [0.29, 0.717) is 25.8 Å². The van der Waals surface area contributed by atoms with Gasteiger partial charge in [-0.1, -0.05) is 18.2 Å². The zero-order valence-corrected chi connectivity index (χ0v) is 13.9. The van der Waals surface area contributed by atoms with Gasteiger partial charge in [-0.15, -0.1) is 0 Å². The summed E-state index contributed by atoms with van der Waals surface area (Å²) >= 11 is 0. The molecule has 3 rings (SSSR count). The van der Waals surface area contributed by atoms with Crippen molar-refractivity contribution in [3.63, 3.8) is 0 Å². The van der Waals surface area contributed by atoms with Crippen LogP contribution in [-0.4, -0.2) is 56.1 Å². The van der Waals surface area contributed by atoms with Gasteiger partial charge in [-0.25, -0.2) is 0 Å². The van der Waals surface area contributed by atoms with E-state index < -0.39 is 0 Å². The molecule has 6 heteroatoms. The van der Waals surface area contributed by atoms with Gasteiger partial charge in [0, 0.05) is 44.2 Å². The second kappa shape index (κ2) is 8.26. The Morgan fingerprint density at radius 3 is 2.92 bits per heavy atom. The number of nitrogens with one attached hydrogen (secondary N) is 2. The second-order valence-electron chi connectivity index (χ2n) is 6.39. The minimum Gasteiger partial charge on any atom is -0.379 e. The van der Waals surface area contributed by atoms with Crippen LogP contribution in [0.25, 0.3) is 0 Å². The lowest BCUT2D eigenvalue weighted by Crippen LogP contribution is -2.41. The van der Waals surface area contributed by atoms with Crippen molar-refractivity contribution < 1.29 is 14.3 Å². The van der Waals surface area contributed by atoms with Gasteiger partial charge in [0.2, 0.25) is 11.8 Å². The number of morpholine rings is 1. The maximum atomic E-state index is 12.1. The van der Waals surface area contributed by atoms with Gasteiger partial charge < -0.3 is 15.4 Å². The molecule has 2 N–H and O–H groups in total. The van der Waals surface area contributed by atoms with Gasteiger partial charge in [0.15, 0.2) is 0 Å². The number of rotatable bonds is 6. The Labute approximate surface area is 142 Å². The summed E-state index contributed by atoms with van der Waals surface area (Å²) in [6, 6.07) is 7.85. The number of carbonyl (C=O) groups excluding carboxylic acids is 2. The monoisotopic (exact) mass is 331 g/mol. The molecular weight excluding hydrogens is 306 g/mol. The average Bonchev–Trinajstić information content (AvgIpc) is 2.61. The number of benzene rings is 1. The molecule has 0 radical (unpaired) electrons. The predicted octanol–water partition coefficient (Wildman–Crippen LogP) is 1.03. The third-order valence-corrected chi connectivity index (χ3v) is 4.69. The molecule has 0 saturated carbocycles. The molecule has 1 aromatic carbocycles. The summed E-state index contributed by atoms with van der Waals surface area (Å²) < 4.78 is 5.30. The van der Waals surface area contributed by atoms with Gasteiger partial charge >= 0.3 is 0 Å². The first-order valence-corrected chi connectivity index (χ1v) is 8.68. The van der Waals surface area contributed by atoms with E-state index in [1.165, 1.54) is 0 Å². The van der Waals surface area contributed by atoms with Gasteiger partial charge in [0.05, 0.1) is 13.2 Å². The van der Waals surface area contributed by atoms with E-state index >= 15 is 0 Å². The Morgan fingerprint density at radius 2 is 2.08 bits per heavy atom. The van der Waals surface area contributed by atoms with Crippen LogP contribution in [0, 0.1) is 5.92 Å². The largest absolute Gasteiger partial charge is 0.379 e. The van der Waals surface area contributed by atoms with E-state index in [9.17, 15) is 9.59 Å². The van der Waals surface area contributed by atoms with E-state index in [2.05, 4.69) is 15.5 Å². The molecule has 0 unspecified atom stereocenters. The molecule has 0 aromatic heterocycles. The van der Waals surface area contributed by atoms with Crippen LogP contribution in [-0.2, 0) is 20.7 Å². The van der Waals surface area contributed by atoms with Crippen LogP contribution < -0.4 is 10.6 Å². The van der Waals surface area contributed by atoms with Gasteiger partial charge in [0.25, 0.3) is 0 Å². The van der Waals surface area contributed by atoms with Crippen LogP contribution in [0.2, 0.25) is 0 Å². The number of hydrogen-bond acceptors (Lipinski definition) is 4. The first-order chi connectivity index (χ1) is 11.7. The molecule has 24 heavy (non-hydrogen) atoms. The molecule has 0 aliphatic carbocycles. The van der Waals surface area contributed by atoms with Crippen molar-refractivity contribution in [3.05, 3.63) is 29.8 Å².